The second-order valence-corrected chi connectivity index (χ2v) is 5.85. The minimum atomic E-state index is -0.749. The van der Waals surface area contributed by atoms with Crippen LogP contribution < -0.4 is 0 Å². The molecule has 2 aliphatic rings. The van der Waals surface area contributed by atoms with Crippen LogP contribution in [-0.2, 0) is 6.54 Å². The second kappa shape index (κ2) is 5.83. The molecule has 2 atom stereocenters. The SMILES string of the molecule is O=C(O)N1CCN(Cc2ccccc2)C2CCCCC21. The van der Waals surface area contributed by atoms with E-state index in [1.807, 2.05) is 6.07 Å². The van der Waals surface area contributed by atoms with Crippen molar-refractivity contribution in [2.24, 2.45) is 0 Å². The van der Waals surface area contributed by atoms with Gasteiger partial charge in [-0.3, -0.25) is 4.90 Å². The van der Waals surface area contributed by atoms with E-state index in [9.17, 15) is 9.90 Å². The van der Waals surface area contributed by atoms with Crippen molar-refractivity contribution >= 4 is 6.09 Å². The average Bonchev–Trinajstić information content (AvgIpc) is 2.48. The van der Waals surface area contributed by atoms with Crippen molar-refractivity contribution in [2.75, 3.05) is 13.1 Å². The molecule has 0 spiro atoms. The van der Waals surface area contributed by atoms with E-state index in [1.165, 1.54) is 12.0 Å². The first kappa shape index (κ1) is 13.4. The summed E-state index contributed by atoms with van der Waals surface area (Å²) < 4.78 is 0. The van der Waals surface area contributed by atoms with Crippen molar-refractivity contribution in [3.63, 3.8) is 0 Å². The summed E-state index contributed by atoms with van der Waals surface area (Å²) in [5.41, 5.74) is 1.32. The van der Waals surface area contributed by atoms with Crippen molar-refractivity contribution in [1.29, 1.82) is 0 Å². The van der Waals surface area contributed by atoms with Gasteiger partial charge in [-0.25, -0.2) is 4.79 Å². The Labute approximate surface area is 120 Å². The zero-order valence-electron chi connectivity index (χ0n) is 11.7. The highest BCUT2D eigenvalue weighted by Gasteiger charge is 2.39. The van der Waals surface area contributed by atoms with Crippen molar-refractivity contribution in [3.8, 4) is 0 Å². The van der Waals surface area contributed by atoms with Gasteiger partial charge >= 0.3 is 6.09 Å². The molecular formula is C16H22N2O2. The first-order valence-electron chi connectivity index (χ1n) is 7.53. The Morgan fingerprint density at radius 2 is 1.80 bits per heavy atom. The van der Waals surface area contributed by atoms with E-state index in [-0.39, 0.29) is 6.04 Å². The van der Waals surface area contributed by atoms with Crippen molar-refractivity contribution in [2.45, 2.75) is 44.3 Å². The second-order valence-electron chi connectivity index (χ2n) is 5.85. The zero-order valence-corrected chi connectivity index (χ0v) is 11.7. The predicted octanol–water partition coefficient (Wildman–Crippen LogP) is 2.79. The van der Waals surface area contributed by atoms with E-state index in [1.54, 1.807) is 4.90 Å². The van der Waals surface area contributed by atoms with Gasteiger partial charge in [-0.05, 0) is 18.4 Å². The molecule has 0 bridgehead atoms. The monoisotopic (exact) mass is 274 g/mol. The summed E-state index contributed by atoms with van der Waals surface area (Å²) in [5.74, 6) is 0. The fourth-order valence-electron chi connectivity index (χ4n) is 3.70. The molecule has 2 unspecified atom stereocenters. The number of carboxylic acid groups (broad SMARTS) is 1. The first-order chi connectivity index (χ1) is 9.75. The average molecular weight is 274 g/mol. The largest absolute Gasteiger partial charge is 0.465 e. The summed E-state index contributed by atoms with van der Waals surface area (Å²) in [4.78, 5) is 15.5. The number of hydrogen-bond acceptors (Lipinski definition) is 2. The molecule has 20 heavy (non-hydrogen) atoms. The highest BCUT2D eigenvalue weighted by atomic mass is 16.4. The van der Waals surface area contributed by atoms with Crippen LogP contribution in [0.3, 0.4) is 0 Å². The van der Waals surface area contributed by atoms with Gasteiger partial charge in [0.05, 0.1) is 6.04 Å². The molecule has 1 saturated carbocycles. The maximum atomic E-state index is 11.4. The summed E-state index contributed by atoms with van der Waals surface area (Å²) in [5, 5.41) is 9.36. The van der Waals surface area contributed by atoms with Crippen LogP contribution in [0.15, 0.2) is 30.3 Å². The van der Waals surface area contributed by atoms with Crippen molar-refractivity contribution < 1.29 is 9.90 Å². The number of rotatable bonds is 2. The Morgan fingerprint density at radius 1 is 1.10 bits per heavy atom. The molecule has 108 valence electrons. The van der Waals surface area contributed by atoms with Crippen LogP contribution in [0.1, 0.15) is 31.2 Å². The van der Waals surface area contributed by atoms with E-state index in [2.05, 4.69) is 29.2 Å². The lowest BCUT2D eigenvalue weighted by molar-refractivity contribution is -0.000546. The third-order valence-corrected chi connectivity index (χ3v) is 4.67. The molecule has 1 saturated heterocycles. The quantitative estimate of drug-likeness (QED) is 0.902. The van der Waals surface area contributed by atoms with Crippen LogP contribution >= 0.6 is 0 Å². The van der Waals surface area contributed by atoms with Gasteiger partial charge in [-0.1, -0.05) is 43.2 Å². The molecule has 1 N–H and O–H groups in total. The summed E-state index contributed by atoms with van der Waals surface area (Å²) in [6, 6.07) is 11.1. The highest BCUT2D eigenvalue weighted by Crippen LogP contribution is 2.31. The van der Waals surface area contributed by atoms with Gasteiger partial charge in [0.25, 0.3) is 0 Å². The summed E-state index contributed by atoms with van der Waals surface area (Å²) in [6.45, 7) is 2.43. The molecule has 1 aromatic rings. The van der Waals surface area contributed by atoms with E-state index < -0.39 is 6.09 Å². The Hall–Kier alpha value is -1.55. The van der Waals surface area contributed by atoms with Gasteiger partial charge in [0, 0.05) is 25.7 Å². The molecule has 1 aliphatic heterocycles. The maximum Gasteiger partial charge on any atom is 0.407 e. The molecule has 3 rings (SSSR count). The van der Waals surface area contributed by atoms with Gasteiger partial charge in [0.2, 0.25) is 0 Å². The Balaban J connectivity index is 1.74. The number of nitrogens with zero attached hydrogens (tertiary/aromatic N) is 2. The summed E-state index contributed by atoms with van der Waals surface area (Å²) >= 11 is 0. The van der Waals surface area contributed by atoms with Gasteiger partial charge in [0.15, 0.2) is 0 Å². The fraction of sp³-hybridized carbons (Fsp3) is 0.562. The van der Waals surface area contributed by atoms with Crippen LogP contribution in [0.2, 0.25) is 0 Å². The van der Waals surface area contributed by atoms with Crippen LogP contribution in [0, 0.1) is 0 Å². The van der Waals surface area contributed by atoms with Crippen molar-refractivity contribution in [3.05, 3.63) is 35.9 Å². The van der Waals surface area contributed by atoms with Crippen molar-refractivity contribution in [1.82, 2.24) is 9.80 Å². The zero-order chi connectivity index (χ0) is 13.9. The standard InChI is InChI=1S/C16H22N2O2/c19-16(20)18-11-10-17(12-13-6-2-1-3-7-13)14-8-4-5-9-15(14)18/h1-3,6-7,14-15H,4-5,8-12H2,(H,19,20). The molecule has 1 aromatic carbocycles. The maximum absolute atomic E-state index is 11.4. The van der Waals surface area contributed by atoms with E-state index in [0.29, 0.717) is 12.6 Å². The highest BCUT2D eigenvalue weighted by molar-refractivity contribution is 5.65. The first-order valence-corrected chi connectivity index (χ1v) is 7.53. The minimum Gasteiger partial charge on any atom is -0.465 e. The topological polar surface area (TPSA) is 43.8 Å². The minimum absolute atomic E-state index is 0.193. The molecular weight excluding hydrogens is 252 g/mol. The van der Waals surface area contributed by atoms with Gasteiger partial charge in [-0.2, -0.15) is 0 Å². The third-order valence-electron chi connectivity index (χ3n) is 4.67. The van der Waals surface area contributed by atoms with Gasteiger partial charge < -0.3 is 10.0 Å². The van der Waals surface area contributed by atoms with Gasteiger partial charge in [-0.15, -0.1) is 0 Å². The van der Waals surface area contributed by atoms with Crippen LogP contribution in [0.25, 0.3) is 0 Å². The molecule has 4 heteroatoms. The molecule has 4 nitrogen and oxygen atoms in total. The van der Waals surface area contributed by atoms with Gasteiger partial charge in [0.1, 0.15) is 0 Å². The number of carbonyl (C=O) groups is 1. The van der Waals surface area contributed by atoms with Crippen LogP contribution in [-0.4, -0.2) is 46.2 Å². The molecule has 1 amide bonds. The Kier molecular flexibility index (Phi) is 3.92. The van der Waals surface area contributed by atoms with Crippen LogP contribution in [0.4, 0.5) is 4.79 Å². The molecule has 0 aromatic heterocycles. The molecule has 2 fully saturated rings. The number of hydrogen-bond donors (Lipinski definition) is 1. The molecule has 1 heterocycles. The third kappa shape index (κ3) is 2.66. The Bertz CT molecular complexity index is 463. The lowest BCUT2D eigenvalue weighted by Gasteiger charge is -2.49. The molecule has 0 radical (unpaired) electrons. The normalized spacial score (nSPS) is 27.1. The number of piperazine rings is 1. The van der Waals surface area contributed by atoms with E-state index in [0.717, 1.165) is 32.4 Å². The summed E-state index contributed by atoms with van der Waals surface area (Å²) in [7, 11) is 0. The summed E-state index contributed by atoms with van der Waals surface area (Å²) in [6.07, 6.45) is 3.77. The number of amides is 1. The Morgan fingerprint density at radius 3 is 2.50 bits per heavy atom. The number of benzene rings is 1. The smallest absolute Gasteiger partial charge is 0.407 e. The molecule has 1 aliphatic carbocycles. The predicted molar refractivity (Wildman–Crippen MR) is 77.6 cm³/mol. The fourth-order valence-corrected chi connectivity index (χ4v) is 3.70. The van der Waals surface area contributed by atoms with Crippen LogP contribution in [0.5, 0.6) is 0 Å². The lowest BCUT2D eigenvalue weighted by atomic mass is 9.86. The van der Waals surface area contributed by atoms with E-state index >= 15 is 0 Å². The van der Waals surface area contributed by atoms with E-state index in [4.69, 9.17) is 0 Å². The number of fused-ring (bicyclic) bond motifs is 1. The lowest BCUT2D eigenvalue weighted by Crippen LogP contribution is -2.61.